The van der Waals surface area contributed by atoms with Crippen LogP contribution < -0.4 is 15.0 Å². The summed E-state index contributed by atoms with van der Waals surface area (Å²) in [4.78, 5) is 26.6. The maximum atomic E-state index is 13.5. The Labute approximate surface area is 171 Å². The summed E-state index contributed by atoms with van der Waals surface area (Å²) in [5.74, 6) is -0.335. The fourth-order valence-electron chi connectivity index (χ4n) is 3.35. The van der Waals surface area contributed by atoms with E-state index in [1.807, 2.05) is 0 Å². The van der Waals surface area contributed by atoms with Crippen LogP contribution in [0.25, 0.3) is 5.69 Å². The first kappa shape index (κ1) is 19.5. The van der Waals surface area contributed by atoms with Crippen LogP contribution in [0.2, 0.25) is 0 Å². The summed E-state index contributed by atoms with van der Waals surface area (Å²) >= 11 is 0. The first-order valence-electron chi connectivity index (χ1n) is 9.30. The third-order valence-electron chi connectivity index (χ3n) is 4.87. The summed E-state index contributed by atoms with van der Waals surface area (Å²) in [5, 5.41) is 14.1. The van der Waals surface area contributed by atoms with Gasteiger partial charge in [-0.05, 0) is 40.8 Å². The number of carbonyl (C=O) groups is 2. The summed E-state index contributed by atoms with van der Waals surface area (Å²) in [7, 11) is 1.55. The van der Waals surface area contributed by atoms with Crippen molar-refractivity contribution < 1.29 is 18.7 Å². The average Bonchev–Trinajstić information content (AvgIpc) is 3.38. The van der Waals surface area contributed by atoms with Crippen LogP contribution >= 0.6 is 0 Å². The van der Waals surface area contributed by atoms with E-state index in [2.05, 4.69) is 20.8 Å². The number of nitrogens with zero attached hydrogens (tertiary/aromatic N) is 5. The molecule has 1 N–H and O–H groups in total. The molecular formula is C20H19FN6O3. The summed E-state index contributed by atoms with van der Waals surface area (Å²) < 4.78 is 20.0. The molecule has 1 aliphatic rings. The van der Waals surface area contributed by atoms with Crippen LogP contribution in [0.15, 0.2) is 48.5 Å². The Bertz CT molecular complexity index is 1090. The zero-order valence-electron chi connectivity index (χ0n) is 16.2. The zero-order valence-corrected chi connectivity index (χ0v) is 16.2. The van der Waals surface area contributed by atoms with E-state index in [0.717, 1.165) is 0 Å². The molecule has 1 saturated heterocycles. The molecule has 1 aliphatic heterocycles. The summed E-state index contributed by atoms with van der Waals surface area (Å²) in [6.07, 6.45) is 0.109. The van der Waals surface area contributed by atoms with Crippen molar-refractivity contribution in [2.45, 2.75) is 13.0 Å². The second-order valence-electron chi connectivity index (χ2n) is 6.81. The van der Waals surface area contributed by atoms with E-state index in [-0.39, 0.29) is 31.3 Å². The number of halogens is 1. The van der Waals surface area contributed by atoms with Crippen LogP contribution in [0, 0.1) is 11.7 Å². The SMILES string of the molecule is COc1cccc(N2CC(C(=O)NCc3nnnn3-c3cccc(F)c3)CC2=O)c1. The first-order chi connectivity index (χ1) is 14.5. The van der Waals surface area contributed by atoms with Crippen molar-refractivity contribution in [3.8, 4) is 11.4 Å². The second-order valence-corrected chi connectivity index (χ2v) is 6.81. The standard InChI is InChI=1S/C20H19FN6O3/c1-30-17-7-3-5-15(10-17)26-12-13(8-19(26)28)20(29)22-11-18-23-24-25-27(18)16-6-2-4-14(21)9-16/h2-7,9-10,13H,8,11-12H2,1H3,(H,22,29). The predicted molar refractivity (Wildman–Crippen MR) is 104 cm³/mol. The smallest absolute Gasteiger partial charge is 0.227 e. The molecule has 0 saturated carbocycles. The van der Waals surface area contributed by atoms with Crippen molar-refractivity contribution >= 4 is 17.5 Å². The topological polar surface area (TPSA) is 102 Å². The van der Waals surface area contributed by atoms with E-state index in [0.29, 0.717) is 22.9 Å². The Morgan fingerprint density at radius 1 is 1.23 bits per heavy atom. The van der Waals surface area contributed by atoms with Crippen molar-refractivity contribution in [1.29, 1.82) is 0 Å². The third-order valence-corrected chi connectivity index (χ3v) is 4.87. The van der Waals surface area contributed by atoms with Crippen molar-refractivity contribution in [3.05, 3.63) is 60.2 Å². The highest BCUT2D eigenvalue weighted by molar-refractivity contribution is 6.00. The molecule has 1 fully saturated rings. The van der Waals surface area contributed by atoms with Gasteiger partial charge in [0.25, 0.3) is 0 Å². The molecule has 1 unspecified atom stereocenters. The van der Waals surface area contributed by atoms with Gasteiger partial charge in [0, 0.05) is 24.7 Å². The Kier molecular flexibility index (Phi) is 5.38. The molecule has 2 amide bonds. The van der Waals surface area contributed by atoms with Gasteiger partial charge in [0.2, 0.25) is 11.8 Å². The second kappa shape index (κ2) is 8.27. The molecule has 2 aromatic carbocycles. The highest BCUT2D eigenvalue weighted by atomic mass is 19.1. The number of aromatic nitrogens is 4. The molecule has 9 nitrogen and oxygen atoms in total. The van der Waals surface area contributed by atoms with E-state index in [4.69, 9.17) is 4.74 Å². The number of ether oxygens (including phenoxy) is 1. The van der Waals surface area contributed by atoms with Crippen LogP contribution in [0.3, 0.4) is 0 Å². The van der Waals surface area contributed by atoms with Crippen molar-refractivity contribution in [2.24, 2.45) is 5.92 Å². The minimum absolute atomic E-state index is 0.0478. The Balaban J connectivity index is 1.41. The van der Waals surface area contributed by atoms with Gasteiger partial charge in [-0.15, -0.1) is 5.10 Å². The van der Waals surface area contributed by atoms with Crippen molar-refractivity contribution in [1.82, 2.24) is 25.5 Å². The van der Waals surface area contributed by atoms with Crippen molar-refractivity contribution in [2.75, 3.05) is 18.6 Å². The summed E-state index contributed by atoms with van der Waals surface area (Å²) in [6, 6.07) is 13.0. The molecule has 4 rings (SSSR count). The predicted octanol–water partition coefficient (Wildman–Crippen LogP) is 1.48. The van der Waals surface area contributed by atoms with E-state index < -0.39 is 11.7 Å². The third kappa shape index (κ3) is 3.97. The number of amides is 2. The number of hydrogen-bond donors (Lipinski definition) is 1. The van der Waals surface area contributed by atoms with Crippen LogP contribution in [0.1, 0.15) is 12.2 Å². The van der Waals surface area contributed by atoms with E-state index >= 15 is 0 Å². The number of tetrazole rings is 1. The van der Waals surface area contributed by atoms with Gasteiger partial charge in [-0.1, -0.05) is 12.1 Å². The van der Waals surface area contributed by atoms with Gasteiger partial charge in [-0.3, -0.25) is 9.59 Å². The lowest BCUT2D eigenvalue weighted by Gasteiger charge is -2.17. The van der Waals surface area contributed by atoms with Gasteiger partial charge < -0.3 is 15.0 Å². The summed E-state index contributed by atoms with van der Waals surface area (Å²) in [6.45, 7) is 0.318. The number of methoxy groups -OCH3 is 1. The highest BCUT2D eigenvalue weighted by Gasteiger charge is 2.35. The van der Waals surface area contributed by atoms with Gasteiger partial charge >= 0.3 is 0 Å². The summed E-state index contributed by atoms with van der Waals surface area (Å²) in [5.41, 5.74) is 1.13. The number of anilines is 1. The minimum Gasteiger partial charge on any atom is -0.497 e. The fraction of sp³-hybridized carbons (Fsp3) is 0.250. The lowest BCUT2D eigenvalue weighted by Crippen LogP contribution is -2.33. The molecule has 0 bridgehead atoms. The Hall–Kier alpha value is -3.82. The normalized spacial score (nSPS) is 16.0. The molecule has 3 aromatic rings. The first-order valence-corrected chi connectivity index (χ1v) is 9.30. The highest BCUT2D eigenvalue weighted by Crippen LogP contribution is 2.28. The fourth-order valence-corrected chi connectivity index (χ4v) is 3.35. The average molecular weight is 410 g/mol. The quantitative estimate of drug-likeness (QED) is 0.660. The van der Waals surface area contributed by atoms with Crippen molar-refractivity contribution in [3.63, 3.8) is 0 Å². The van der Waals surface area contributed by atoms with Gasteiger partial charge in [0.1, 0.15) is 11.6 Å². The molecule has 0 aliphatic carbocycles. The van der Waals surface area contributed by atoms with Gasteiger partial charge in [-0.25, -0.2) is 4.39 Å². The van der Waals surface area contributed by atoms with Gasteiger partial charge in [-0.2, -0.15) is 4.68 Å². The van der Waals surface area contributed by atoms with Crippen LogP contribution in [0.4, 0.5) is 10.1 Å². The maximum Gasteiger partial charge on any atom is 0.227 e. The van der Waals surface area contributed by atoms with E-state index in [9.17, 15) is 14.0 Å². The number of benzene rings is 2. The number of nitrogens with one attached hydrogen (secondary N) is 1. The lowest BCUT2D eigenvalue weighted by molar-refractivity contribution is -0.126. The van der Waals surface area contributed by atoms with Gasteiger partial charge in [0.15, 0.2) is 5.82 Å². The molecule has 154 valence electrons. The maximum absolute atomic E-state index is 13.5. The van der Waals surface area contributed by atoms with Gasteiger partial charge in [0.05, 0.1) is 25.3 Å². The molecule has 30 heavy (non-hydrogen) atoms. The molecule has 1 aromatic heterocycles. The zero-order chi connectivity index (χ0) is 21.1. The van der Waals surface area contributed by atoms with E-state index in [1.165, 1.54) is 16.8 Å². The van der Waals surface area contributed by atoms with E-state index in [1.54, 1.807) is 48.4 Å². The van der Waals surface area contributed by atoms with Crippen LogP contribution in [-0.4, -0.2) is 45.7 Å². The van der Waals surface area contributed by atoms with Crippen LogP contribution in [-0.2, 0) is 16.1 Å². The minimum atomic E-state index is -0.498. The number of hydrogen-bond acceptors (Lipinski definition) is 6. The molecular weight excluding hydrogens is 391 g/mol. The number of rotatable bonds is 6. The molecule has 0 spiro atoms. The Morgan fingerprint density at radius 2 is 2.03 bits per heavy atom. The lowest BCUT2D eigenvalue weighted by atomic mass is 10.1. The Morgan fingerprint density at radius 3 is 2.83 bits per heavy atom. The largest absolute Gasteiger partial charge is 0.497 e. The molecule has 0 radical (unpaired) electrons. The van der Waals surface area contributed by atoms with Crippen LogP contribution in [0.5, 0.6) is 5.75 Å². The molecule has 2 heterocycles. The number of carbonyl (C=O) groups excluding carboxylic acids is 2. The molecule has 10 heteroatoms. The molecule has 1 atom stereocenters. The monoisotopic (exact) mass is 410 g/mol.